The highest BCUT2D eigenvalue weighted by Crippen LogP contribution is 2.32. The molecule has 4 aromatic rings. The lowest BCUT2D eigenvalue weighted by Crippen LogP contribution is -2.41. The molecule has 3 aromatic heterocycles. The van der Waals surface area contributed by atoms with E-state index in [4.69, 9.17) is 9.72 Å². The maximum atomic E-state index is 12.3. The molecule has 10 heteroatoms. The molecule has 0 saturated carbocycles. The van der Waals surface area contributed by atoms with E-state index in [2.05, 4.69) is 56.2 Å². The molecule has 1 fully saturated rings. The van der Waals surface area contributed by atoms with Crippen LogP contribution in [0.3, 0.4) is 0 Å². The number of aromatic amines is 1. The van der Waals surface area contributed by atoms with E-state index >= 15 is 0 Å². The van der Waals surface area contributed by atoms with Crippen LogP contribution in [0.25, 0.3) is 21.9 Å². The number of rotatable bonds is 6. The molecule has 4 heterocycles. The van der Waals surface area contributed by atoms with E-state index in [9.17, 15) is 4.21 Å². The molecule has 0 spiro atoms. The number of anilines is 1. The highest BCUT2D eigenvalue weighted by molar-refractivity contribution is 7.97. The lowest BCUT2D eigenvalue weighted by Gasteiger charge is -2.32. The van der Waals surface area contributed by atoms with Crippen LogP contribution in [0.1, 0.15) is 37.1 Å². The number of H-pyrrole nitrogens is 1. The minimum atomic E-state index is -2.19. The van der Waals surface area contributed by atoms with E-state index in [0.29, 0.717) is 30.4 Å². The normalized spacial score (nSPS) is 18.1. The predicted molar refractivity (Wildman–Crippen MR) is 137 cm³/mol. The van der Waals surface area contributed by atoms with Crippen molar-refractivity contribution < 1.29 is 8.95 Å². The molecular formula is C24H29N7O2S. The Morgan fingerprint density at radius 2 is 2.06 bits per heavy atom. The fraction of sp³-hybridized carbons (Fsp3) is 0.375. The van der Waals surface area contributed by atoms with E-state index in [0.717, 1.165) is 40.4 Å². The number of piperidine rings is 1. The summed E-state index contributed by atoms with van der Waals surface area (Å²) in [6.45, 7) is 5.52. The number of aryl methyl sites for hydroxylation is 1. The Balaban J connectivity index is 1.44. The Labute approximate surface area is 199 Å². The Morgan fingerprint density at radius 1 is 1.26 bits per heavy atom. The smallest absolute Gasteiger partial charge is 0.222 e. The number of hydrogen-bond donors (Lipinski definition) is 2. The zero-order valence-electron chi connectivity index (χ0n) is 19.6. The molecule has 1 aliphatic heterocycles. The molecule has 1 aliphatic rings. The lowest BCUT2D eigenvalue weighted by atomic mass is 10.0. The van der Waals surface area contributed by atoms with Crippen molar-refractivity contribution >= 4 is 43.3 Å². The van der Waals surface area contributed by atoms with Gasteiger partial charge in [0.25, 0.3) is 0 Å². The van der Waals surface area contributed by atoms with Gasteiger partial charge in [-0.25, -0.2) is 24.2 Å². The van der Waals surface area contributed by atoms with Crippen molar-refractivity contribution in [1.29, 1.82) is 0 Å². The second-order valence-electron chi connectivity index (χ2n) is 8.92. The molecule has 0 radical (unpaired) electrons. The van der Waals surface area contributed by atoms with Crippen molar-refractivity contribution in [1.82, 2.24) is 29.2 Å². The number of benzene rings is 1. The molecule has 1 saturated heterocycles. The third kappa shape index (κ3) is 4.43. The fourth-order valence-corrected chi connectivity index (χ4v) is 5.41. The molecule has 0 amide bonds. The molecule has 2 N–H and O–H groups in total. The number of imidazole rings is 1. The van der Waals surface area contributed by atoms with Gasteiger partial charge in [-0.1, -0.05) is 18.2 Å². The monoisotopic (exact) mass is 479 g/mol. The molecule has 34 heavy (non-hydrogen) atoms. The summed E-state index contributed by atoms with van der Waals surface area (Å²) in [4.78, 5) is 20.8. The SMILES string of the molecule is C=S(C)(=O)N1CCC(Oc2nc([C@@H](C)Nc3ncnc4nc[nH]c34)cc3cccc(C)c23)CC1. The van der Waals surface area contributed by atoms with E-state index < -0.39 is 9.71 Å². The molecule has 0 aliphatic carbocycles. The van der Waals surface area contributed by atoms with Crippen molar-refractivity contribution in [2.75, 3.05) is 24.7 Å². The fourth-order valence-electron chi connectivity index (χ4n) is 4.42. The maximum absolute atomic E-state index is 12.3. The van der Waals surface area contributed by atoms with Gasteiger partial charge in [0.2, 0.25) is 5.88 Å². The first-order valence-electron chi connectivity index (χ1n) is 11.3. The first-order chi connectivity index (χ1) is 16.3. The highest BCUT2D eigenvalue weighted by Gasteiger charge is 2.25. The van der Waals surface area contributed by atoms with E-state index in [1.807, 2.05) is 17.3 Å². The van der Waals surface area contributed by atoms with Gasteiger partial charge in [0.1, 0.15) is 17.9 Å². The van der Waals surface area contributed by atoms with Gasteiger partial charge in [-0.3, -0.25) is 4.21 Å². The van der Waals surface area contributed by atoms with Crippen molar-refractivity contribution in [3.8, 4) is 5.88 Å². The number of nitrogens with one attached hydrogen (secondary N) is 2. The molecule has 5 rings (SSSR count). The van der Waals surface area contributed by atoms with Gasteiger partial charge in [0.05, 0.1) is 18.1 Å². The topological polar surface area (TPSA) is 109 Å². The first-order valence-corrected chi connectivity index (χ1v) is 13.4. The van der Waals surface area contributed by atoms with Crippen LogP contribution >= 0.6 is 0 Å². The molecule has 9 nitrogen and oxygen atoms in total. The minimum Gasteiger partial charge on any atom is -0.474 e. The largest absolute Gasteiger partial charge is 0.474 e. The van der Waals surface area contributed by atoms with E-state index in [1.54, 1.807) is 12.6 Å². The zero-order valence-corrected chi connectivity index (χ0v) is 20.4. The summed E-state index contributed by atoms with van der Waals surface area (Å²) in [5, 5.41) is 5.54. The van der Waals surface area contributed by atoms with Crippen molar-refractivity contribution in [3.63, 3.8) is 0 Å². The Hall–Kier alpha value is -3.24. The van der Waals surface area contributed by atoms with Gasteiger partial charge in [0.15, 0.2) is 11.5 Å². The summed E-state index contributed by atoms with van der Waals surface area (Å²) in [6, 6.07) is 8.17. The Morgan fingerprint density at radius 3 is 2.82 bits per heavy atom. The maximum Gasteiger partial charge on any atom is 0.222 e. The molecular weight excluding hydrogens is 450 g/mol. The Bertz CT molecular complexity index is 1440. The van der Waals surface area contributed by atoms with Gasteiger partial charge in [-0.05, 0) is 49.6 Å². The van der Waals surface area contributed by atoms with Crippen molar-refractivity contribution in [2.45, 2.75) is 38.8 Å². The predicted octanol–water partition coefficient (Wildman–Crippen LogP) is 3.49. The molecule has 1 unspecified atom stereocenters. The number of hydrogen-bond acceptors (Lipinski definition) is 7. The number of ether oxygens (including phenoxy) is 1. The van der Waals surface area contributed by atoms with Crippen LogP contribution in [0.2, 0.25) is 0 Å². The number of aromatic nitrogens is 5. The standard InChI is InChI=1S/C24H29N7O2S/c1-15-6-5-7-17-12-19(16(2)29-23-21-22(26-13-25-21)27-14-28-23)30-24(20(15)17)33-18-8-10-31(11-9-18)34(3,4)32/h5-7,12-14,16,18H,3,8-11H2,1-2,4H3,(H2,25,26,27,28,29)/t16-,34?/m1/s1. The van der Waals surface area contributed by atoms with Gasteiger partial charge in [-0.15, -0.1) is 0 Å². The first kappa shape index (κ1) is 22.5. The van der Waals surface area contributed by atoms with Crippen LogP contribution in [0.15, 0.2) is 36.9 Å². The third-order valence-electron chi connectivity index (χ3n) is 6.30. The average molecular weight is 480 g/mol. The average Bonchev–Trinajstić information content (AvgIpc) is 3.29. The van der Waals surface area contributed by atoms with Crippen molar-refractivity contribution in [2.24, 2.45) is 0 Å². The van der Waals surface area contributed by atoms with Crippen LogP contribution in [-0.4, -0.2) is 64.8 Å². The van der Waals surface area contributed by atoms with Crippen LogP contribution in [-0.2, 0) is 9.71 Å². The second kappa shape index (κ2) is 8.84. The van der Waals surface area contributed by atoms with Crippen LogP contribution in [0, 0.1) is 6.92 Å². The number of pyridine rings is 1. The highest BCUT2D eigenvalue weighted by atomic mass is 32.2. The van der Waals surface area contributed by atoms with Crippen molar-refractivity contribution in [3.05, 3.63) is 48.2 Å². The lowest BCUT2D eigenvalue weighted by molar-refractivity contribution is 0.133. The summed E-state index contributed by atoms with van der Waals surface area (Å²) in [5.41, 5.74) is 3.34. The molecule has 1 aromatic carbocycles. The van der Waals surface area contributed by atoms with E-state index in [1.165, 1.54) is 6.33 Å². The molecule has 2 atom stereocenters. The third-order valence-corrected chi connectivity index (χ3v) is 7.76. The zero-order chi connectivity index (χ0) is 23.9. The number of fused-ring (bicyclic) bond motifs is 2. The van der Waals surface area contributed by atoms with Gasteiger partial charge in [-0.2, -0.15) is 0 Å². The summed E-state index contributed by atoms with van der Waals surface area (Å²) >= 11 is 0. The van der Waals surface area contributed by atoms with Gasteiger partial charge >= 0.3 is 0 Å². The van der Waals surface area contributed by atoms with Crippen LogP contribution in [0.5, 0.6) is 5.88 Å². The van der Waals surface area contributed by atoms with Crippen LogP contribution < -0.4 is 10.1 Å². The quantitative estimate of drug-likeness (QED) is 0.408. The minimum absolute atomic E-state index is 0.0123. The summed E-state index contributed by atoms with van der Waals surface area (Å²) in [7, 11) is -2.19. The van der Waals surface area contributed by atoms with E-state index in [-0.39, 0.29) is 12.1 Å². The summed E-state index contributed by atoms with van der Waals surface area (Å²) in [6.07, 6.45) is 6.38. The summed E-state index contributed by atoms with van der Waals surface area (Å²) in [5.74, 6) is 5.13. The van der Waals surface area contributed by atoms with Gasteiger partial charge in [0, 0.05) is 34.4 Å². The second-order valence-corrected chi connectivity index (χ2v) is 11.4. The summed E-state index contributed by atoms with van der Waals surface area (Å²) < 4.78 is 20.7. The van der Waals surface area contributed by atoms with Gasteiger partial charge < -0.3 is 15.0 Å². The molecule has 0 bridgehead atoms. The Kier molecular flexibility index (Phi) is 5.86. The molecule has 178 valence electrons. The number of nitrogens with zero attached hydrogens (tertiary/aromatic N) is 5. The van der Waals surface area contributed by atoms with Crippen LogP contribution in [0.4, 0.5) is 5.82 Å².